The Balaban J connectivity index is 1.20. The van der Waals surface area contributed by atoms with Crippen molar-refractivity contribution in [3.8, 4) is 33.4 Å². The second-order valence-electron chi connectivity index (χ2n) is 18.0. The lowest BCUT2D eigenvalue weighted by Gasteiger charge is -2.36. The largest absolute Gasteiger partial charge is 0.309 e. The van der Waals surface area contributed by atoms with Gasteiger partial charge in [-0.3, -0.25) is 0 Å². The molecule has 11 aromatic rings. The molecule has 1 unspecified atom stereocenters. The van der Waals surface area contributed by atoms with Crippen LogP contribution in [0.2, 0.25) is 0 Å². The fraction of sp³-hybridized carbons (Fsp3) is 0.0462. The van der Waals surface area contributed by atoms with Crippen molar-refractivity contribution in [2.45, 2.75) is 17.8 Å². The molecule has 0 saturated heterocycles. The summed E-state index contributed by atoms with van der Waals surface area (Å²) in [6.45, 7) is 2.42. The van der Waals surface area contributed by atoms with E-state index in [4.69, 9.17) is 0 Å². The summed E-state index contributed by atoms with van der Waals surface area (Å²) in [5.41, 5.74) is 18.9. The first-order valence-corrected chi connectivity index (χ1v) is 23.1. The van der Waals surface area contributed by atoms with Gasteiger partial charge in [0.25, 0.3) is 0 Å². The van der Waals surface area contributed by atoms with Gasteiger partial charge in [-0.15, -0.1) is 0 Å². The predicted molar refractivity (Wildman–Crippen MR) is 276 cm³/mol. The number of hydrogen-bond acceptors (Lipinski definition) is 1. The third-order valence-electron chi connectivity index (χ3n) is 14.8. The van der Waals surface area contributed by atoms with Crippen molar-refractivity contribution < 1.29 is 0 Å². The van der Waals surface area contributed by atoms with Crippen LogP contribution in [0.4, 0.5) is 17.1 Å². The molecule has 0 amide bonds. The average Bonchev–Trinajstić information content (AvgIpc) is 3.85. The molecule has 0 heterocycles. The fourth-order valence-electron chi connectivity index (χ4n) is 12.0. The fourth-order valence-corrected chi connectivity index (χ4v) is 12.0. The van der Waals surface area contributed by atoms with E-state index in [2.05, 4.69) is 267 Å². The van der Waals surface area contributed by atoms with Crippen LogP contribution in [-0.4, -0.2) is 0 Å². The SMILES string of the molecule is CC1(c2ccccc2)c2ccccc2-c2c(N(c3ccc4c(c3)C(c3ccccc3)(c3ccccc3)c3ccccc3-4)c3c(-c4ccccc4)c4ccccc4c4ccccc34)cccc21. The molecule has 2 aliphatic carbocycles. The molecule has 0 N–H and O–H groups in total. The van der Waals surface area contributed by atoms with E-state index in [1.54, 1.807) is 0 Å². The highest BCUT2D eigenvalue weighted by Crippen LogP contribution is 2.61. The highest BCUT2D eigenvalue weighted by Gasteiger charge is 2.47. The Morgan fingerprint density at radius 3 is 1.47 bits per heavy atom. The molecule has 0 aliphatic heterocycles. The minimum atomic E-state index is -0.568. The first-order chi connectivity index (χ1) is 32.7. The van der Waals surface area contributed by atoms with E-state index < -0.39 is 5.41 Å². The normalized spacial score (nSPS) is 15.2. The van der Waals surface area contributed by atoms with Crippen LogP contribution in [0.5, 0.6) is 0 Å². The lowest BCUT2D eigenvalue weighted by Crippen LogP contribution is -2.28. The Kier molecular flexibility index (Phi) is 8.63. The first-order valence-electron chi connectivity index (χ1n) is 23.1. The summed E-state index contributed by atoms with van der Waals surface area (Å²) < 4.78 is 0. The topological polar surface area (TPSA) is 3.24 Å². The Bertz CT molecular complexity index is 3610. The number of anilines is 3. The second-order valence-corrected chi connectivity index (χ2v) is 18.0. The number of rotatable bonds is 7. The molecular weight excluding hydrogens is 795 g/mol. The van der Waals surface area contributed by atoms with Gasteiger partial charge >= 0.3 is 0 Å². The summed E-state index contributed by atoms with van der Waals surface area (Å²) >= 11 is 0. The molecule has 1 atom stereocenters. The zero-order chi connectivity index (χ0) is 43.8. The molecule has 1 nitrogen and oxygen atoms in total. The molecule has 310 valence electrons. The average molecular weight is 840 g/mol. The summed E-state index contributed by atoms with van der Waals surface area (Å²) in [6, 6.07) is 95.0. The van der Waals surface area contributed by atoms with Crippen molar-refractivity contribution in [3.63, 3.8) is 0 Å². The van der Waals surface area contributed by atoms with Gasteiger partial charge < -0.3 is 4.90 Å². The van der Waals surface area contributed by atoms with E-state index in [1.165, 1.54) is 93.9 Å². The van der Waals surface area contributed by atoms with E-state index in [9.17, 15) is 0 Å². The molecule has 66 heavy (non-hydrogen) atoms. The Morgan fingerprint density at radius 1 is 0.318 bits per heavy atom. The van der Waals surface area contributed by atoms with Gasteiger partial charge in [0.1, 0.15) is 0 Å². The highest BCUT2D eigenvalue weighted by molar-refractivity contribution is 6.23. The van der Waals surface area contributed by atoms with Crippen molar-refractivity contribution in [2.75, 3.05) is 4.90 Å². The number of fused-ring (bicyclic) bond motifs is 9. The van der Waals surface area contributed by atoms with E-state index in [0.29, 0.717) is 0 Å². The number of nitrogens with zero attached hydrogens (tertiary/aromatic N) is 1. The van der Waals surface area contributed by atoms with Gasteiger partial charge in [0, 0.05) is 27.6 Å². The molecule has 0 spiro atoms. The van der Waals surface area contributed by atoms with E-state index in [1.807, 2.05) is 0 Å². The quantitative estimate of drug-likeness (QED) is 0.145. The van der Waals surface area contributed by atoms with Gasteiger partial charge in [-0.2, -0.15) is 0 Å². The lowest BCUT2D eigenvalue weighted by molar-refractivity contribution is 0.714. The summed E-state index contributed by atoms with van der Waals surface area (Å²) in [7, 11) is 0. The van der Waals surface area contributed by atoms with Gasteiger partial charge in [0.05, 0.1) is 16.8 Å². The predicted octanol–water partition coefficient (Wildman–Crippen LogP) is 16.8. The van der Waals surface area contributed by atoms with Gasteiger partial charge in [-0.1, -0.05) is 237 Å². The zero-order valence-corrected chi connectivity index (χ0v) is 36.7. The van der Waals surface area contributed by atoms with Crippen LogP contribution in [0, 0.1) is 0 Å². The van der Waals surface area contributed by atoms with Gasteiger partial charge in [-0.25, -0.2) is 0 Å². The number of benzene rings is 11. The molecule has 0 radical (unpaired) electrons. The van der Waals surface area contributed by atoms with Crippen LogP contribution in [-0.2, 0) is 10.8 Å². The van der Waals surface area contributed by atoms with Crippen molar-refractivity contribution in [2.24, 2.45) is 0 Å². The van der Waals surface area contributed by atoms with Crippen LogP contribution in [0.25, 0.3) is 54.9 Å². The highest BCUT2D eigenvalue weighted by atomic mass is 15.2. The van der Waals surface area contributed by atoms with E-state index in [-0.39, 0.29) is 5.41 Å². The zero-order valence-electron chi connectivity index (χ0n) is 36.7. The van der Waals surface area contributed by atoms with Crippen LogP contribution < -0.4 is 4.90 Å². The maximum Gasteiger partial charge on any atom is 0.0714 e. The first kappa shape index (κ1) is 38.2. The molecule has 0 saturated carbocycles. The Labute approximate surface area is 386 Å². The third-order valence-corrected chi connectivity index (χ3v) is 14.8. The number of hydrogen-bond donors (Lipinski definition) is 0. The second kappa shape index (κ2) is 14.9. The summed E-state index contributed by atoms with van der Waals surface area (Å²) in [6.07, 6.45) is 0. The van der Waals surface area contributed by atoms with Crippen LogP contribution in [0.15, 0.2) is 255 Å². The van der Waals surface area contributed by atoms with Gasteiger partial charge in [0.2, 0.25) is 0 Å². The summed E-state index contributed by atoms with van der Waals surface area (Å²) in [5, 5.41) is 4.89. The van der Waals surface area contributed by atoms with E-state index in [0.717, 1.165) is 17.1 Å². The van der Waals surface area contributed by atoms with Crippen molar-refractivity contribution >= 4 is 38.6 Å². The standard InChI is InChI=1S/C65H45N/c1-64(45-25-8-3-9-26-45)56-37-20-19-36-55(56)62-58(64)39-22-40-60(62)66(63-54-35-17-15-32-50(54)49-31-14-16-34-53(49)61(63)44-23-6-2-7-24-44)48-41-42-52-51-33-18-21-38-57(51)65(59(52)43-48,46-27-10-4-11-28-46)47-29-12-5-13-30-47/h2-43H,1H3. The van der Waals surface area contributed by atoms with Crippen molar-refractivity contribution in [1.29, 1.82) is 0 Å². The molecule has 11 aromatic carbocycles. The monoisotopic (exact) mass is 839 g/mol. The van der Waals surface area contributed by atoms with E-state index >= 15 is 0 Å². The van der Waals surface area contributed by atoms with Crippen LogP contribution in [0.3, 0.4) is 0 Å². The van der Waals surface area contributed by atoms with Crippen LogP contribution >= 0.6 is 0 Å². The Morgan fingerprint density at radius 2 is 0.803 bits per heavy atom. The smallest absolute Gasteiger partial charge is 0.0714 e. The minimum absolute atomic E-state index is 0.377. The maximum absolute atomic E-state index is 2.63. The molecule has 0 aromatic heterocycles. The van der Waals surface area contributed by atoms with Crippen LogP contribution in [0.1, 0.15) is 45.9 Å². The molecule has 0 bridgehead atoms. The Hall–Kier alpha value is -8.26. The third kappa shape index (κ3) is 5.35. The lowest BCUT2D eigenvalue weighted by atomic mass is 9.67. The van der Waals surface area contributed by atoms with Gasteiger partial charge in [-0.05, 0) is 102 Å². The molecule has 2 aliphatic rings. The molecule has 13 rings (SSSR count). The minimum Gasteiger partial charge on any atom is -0.309 e. The summed E-state index contributed by atoms with van der Waals surface area (Å²) in [5.74, 6) is 0. The maximum atomic E-state index is 2.63. The van der Waals surface area contributed by atoms with Crippen molar-refractivity contribution in [3.05, 3.63) is 294 Å². The summed E-state index contributed by atoms with van der Waals surface area (Å²) in [4.78, 5) is 2.63. The molecule has 0 fully saturated rings. The molecular formula is C65H45N. The van der Waals surface area contributed by atoms with Gasteiger partial charge in [0.15, 0.2) is 0 Å². The molecule has 1 heteroatoms. The van der Waals surface area contributed by atoms with Crippen molar-refractivity contribution in [1.82, 2.24) is 0 Å².